The lowest BCUT2D eigenvalue weighted by Crippen LogP contribution is -2.17. The summed E-state index contributed by atoms with van der Waals surface area (Å²) in [5, 5.41) is 12.5. The average Bonchev–Trinajstić information content (AvgIpc) is 3.53. The monoisotopic (exact) mass is 532 g/mol. The van der Waals surface area contributed by atoms with Gasteiger partial charge in [0.25, 0.3) is 0 Å². The molecule has 1 nitrogen and oxygen atoms in total. The molecule has 0 amide bonds. The number of fused-ring (bicyclic) bond motifs is 1. The van der Waals surface area contributed by atoms with Gasteiger partial charge >= 0.3 is 0 Å². The van der Waals surface area contributed by atoms with E-state index in [9.17, 15) is 5.11 Å². The molecule has 202 valence electrons. The molecular formula is C40H36O. The molecule has 2 aliphatic rings. The molecule has 1 saturated carbocycles. The van der Waals surface area contributed by atoms with Gasteiger partial charge in [-0.05, 0) is 118 Å². The zero-order valence-electron chi connectivity index (χ0n) is 23.5. The van der Waals surface area contributed by atoms with Crippen molar-refractivity contribution in [1.29, 1.82) is 0 Å². The maximum atomic E-state index is 10.5. The predicted octanol–water partition coefficient (Wildman–Crippen LogP) is 10.6. The Hall–Kier alpha value is -4.36. The third-order valence-corrected chi connectivity index (χ3v) is 9.23. The molecule has 0 bridgehead atoms. The van der Waals surface area contributed by atoms with Gasteiger partial charge in [0.1, 0.15) is 5.75 Å². The van der Waals surface area contributed by atoms with E-state index in [1.54, 1.807) is 11.6 Å². The second-order valence-corrected chi connectivity index (χ2v) is 11.8. The number of rotatable bonds is 6. The molecule has 0 heterocycles. The highest BCUT2D eigenvalue weighted by Crippen LogP contribution is 2.41. The molecule has 41 heavy (non-hydrogen) atoms. The quantitative estimate of drug-likeness (QED) is 0.231. The van der Waals surface area contributed by atoms with Gasteiger partial charge in [-0.25, -0.2) is 0 Å². The average molecular weight is 533 g/mol. The molecule has 0 radical (unpaired) electrons. The molecule has 1 fully saturated rings. The Kier molecular flexibility index (Phi) is 7.03. The standard InChI is InChI=1S/C40H36O/c41-40-13-7-12-36-26-37(38(27-39(36)40)32-10-5-2-6-11-32)33-20-16-29(17-21-33)24-28-14-18-31(19-15-28)35-23-22-34(25-35)30-8-3-1-4-9-30/h1-13,16-17,20-21,23,25-28,31,41H,14-15,18-19,22,24H2. The Bertz CT molecular complexity index is 1720. The van der Waals surface area contributed by atoms with Crippen LogP contribution in [0.15, 0.2) is 133 Å². The number of phenols is 1. The molecule has 5 aromatic rings. The van der Waals surface area contributed by atoms with Gasteiger partial charge in [0.2, 0.25) is 0 Å². The van der Waals surface area contributed by atoms with Gasteiger partial charge in [0.05, 0.1) is 0 Å². The van der Waals surface area contributed by atoms with Crippen molar-refractivity contribution in [3.05, 3.63) is 144 Å². The summed E-state index contributed by atoms with van der Waals surface area (Å²) in [6.07, 6.45) is 12.4. The summed E-state index contributed by atoms with van der Waals surface area (Å²) in [6, 6.07) is 40.7. The Labute approximate surface area is 243 Å². The first-order valence-electron chi connectivity index (χ1n) is 15.1. The fourth-order valence-corrected chi connectivity index (χ4v) is 6.94. The van der Waals surface area contributed by atoms with Crippen molar-refractivity contribution >= 4 is 16.3 Å². The van der Waals surface area contributed by atoms with E-state index in [0.717, 1.165) is 46.6 Å². The predicted molar refractivity (Wildman–Crippen MR) is 173 cm³/mol. The first-order chi connectivity index (χ1) is 20.2. The van der Waals surface area contributed by atoms with Crippen molar-refractivity contribution in [3.63, 3.8) is 0 Å². The van der Waals surface area contributed by atoms with Crippen LogP contribution in [0.1, 0.15) is 43.2 Å². The maximum absolute atomic E-state index is 10.5. The number of aromatic hydroxyl groups is 1. The van der Waals surface area contributed by atoms with Gasteiger partial charge in [-0.15, -0.1) is 0 Å². The van der Waals surface area contributed by atoms with Crippen molar-refractivity contribution in [2.45, 2.75) is 38.5 Å². The van der Waals surface area contributed by atoms with Crippen LogP contribution in [0.4, 0.5) is 0 Å². The fourth-order valence-electron chi connectivity index (χ4n) is 6.94. The van der Waals surface area contributed by atoms with Crippen molar-refractivity contribution in [1.82, 2.24) is 0 Å². The number of hydrogen-bond acceptors (Lipinski definition) is 1. The van der Waals surface area contributed by atoms with Crippen molar-refractivity contribution in [3.8, 4) is 28.0 Å². The van der Waals surface area contributed by atoms with E-state index in [2.05, 4.69) is 109 Å². The molecule has 1 heteroatoms. The minimum absolute atomic E-state index is 0.327. The Morgan fingerprint density at radius 3 is 2.00 bits per heavy atom. The van der Waals surface area contributed by atoms with E-state index < -0.39 is 0 Å². The van der Waals surface area contributed by atoms with Crippen LogP contribution in [0.2, 0.25) is 0 Å². The van der Waals surface area contributed by atoms with Crippen molar-refractivity contribution in [2.75, 3.05) is 0 Å². The number of phenolic OH excluding ortho intramolecular Hbond substituents is 1. The molecule has 2 aliphatic carbocycles. The van der Waals surface area contributed by atoms with E-state index >= 15 is 0 Å². The van der Waals surface area contributed by atoms with Gasteiger partial charge < -0.3 is 5.11 Å². The maximum Gasteiger partial charge on any atom is 0.123 e. The van der Waals surface area contributed by atoms with Crippen LogP contribution in [0.25, 0.3) is 38.6 Å². The Balaban J connectivity index is 1.05. The van der Waals surface area contributed by atoms with Crippen molar-refractivity contribution < 1.29 is 5.11 Å². The number of allylic oxidation sites excluding steroid dienone is 4. The van der Waals surface area contributed by atoms with Crippen LogP contribution in [0.5, 0.6) is 5.75 Å². The lowest BCUT2D eigenvalue weighted by atomic mass is 9.76. The van der Waals surface area contributed by atoms with Gasteiger partial charge in [-0.2, -0.15) is 0 Å². The second kappa shape index (κ2) is 11.3. The van der Waals surface area contributed by atoms with E-state index in [-0.39, 0.29) is 0 Å². The highest BCUT2D eigenvalue weighted by atomic mass is 16.3. The topological polar surface area (TPSA) is 20.2 Å². The van der Waals surface area contributed by atoms with Gasteiger partial charge in [-0.3, -0.25) is 0 Å². The Morgan fingerprint density at radius 2 is 1.27 bits per heavy atom. The second-order valence-electron chi connectivity index (χ2n) is 11.8. The fraction of sp³-hybridized carbons (Fsp3) is 0.200. The molecule has 0 atom stereocenters. The van der Waals surface area contributed by atoms with Gasteiger partial charge in [0.15, 0.2) is 0 Å². The molecule has 5 aromatic carbocycles. The van der Waals surface area contributed by atoms with Gasteiger partial charge in [0, 0.05) is 5.39 Å². The summed E-state index contributed by atoms with van der Waals surface area (Å²) in [4.78, 5) is 0. The molecule has 0 spiro atoms. The summed E-state index contributed by atoms with van der Waals surface area (Å²) in [6.45, 7) is 0. The highest BCUT2D eigenvalue weighted by Gasteiger charge is 2.25. The summed E-state index contributed by atoms with van der Waals surface area (Å²) in [5.41, 5.74) is 10.6. The van der Waals surface area contributed by atoms with Crippen LogP contribution >= 0.6 is 0 Å². The van der Waals surface area contributed by atoms with E-state index in [0.29, 0.717) is 5.75 Å². The highest BCUT2D eigenvalue weighted by molar-refractivity contribution is 5.99. The van der Waals surface area contributed by atoms with Crippen LogP contribution < -0.4 is 0 Å². The normalized spacial score (nSPS) is 18.7. The molecule has 7 rings (SSSR count). The van der Waals surface area contributed by atoms with Crippen LogP contribution in [0, 0.1) is 11.8 Å². The lowest BCUT2D eigenvalue weighted by Gasteiger charge is -2.29. The molecule has 0 aliphatic heterocycles. The summed E-state index contributed by atoms with van der Waals surface area (Å²) in [7, 11) is 0. The molecule has 0 unspecified atom stereocenters. The van der Waals surface area contributed by atoms with Crippen LogP contribution in [-0.2, 0) is 6.42 Å². The number of benzene rings is 5. The third-order valence-electron chi connectivity index (χ3n) is 9.23. The molecular weight excluding hydrogens is 496 g/mol. The first kappa shape index (κ1) is 25.6. The zero-order chi connectivity index (χ0) is 27.6. The molecule has 0 aromatic heterocycles. The zero-order valence-corrected chi connectivity index (χ0v) is 23.5. The molecule has 1 N–H and O–H groups in total. The summed E-state index contributed by atoms with van der Waals surface area (Å²) >= 11 is 0. The molecule has 0 saturated heterocycles. The summed E-state index contributed by atoms with van der Waals surface area (Å²) in [5.74, 6) is 1.81. The largest absolute Gasteiger partial charge is 0.507 e. The van der Waals surface area contributed by atoms with Crippen molar-refractivity contribution in [2.24, 2.45) is 11.8 Å². The minimum Gasteiger partial charge on any atom is -0.507 e. The lowest BCUT2D eigenvalue weighted by molar-refractivity contribution is 0.303. The van der Waals surface area contributed by atoms with Crippen LogP contribution in [-0.4, -0.2) is 5.11 Å². The smallest absolute Gasteiger partial charge is 0.123 e. The van der Waals surface area contributed by atoms with E-state index in [1.165, 1.54) is 53.5 Å². The van der Waals surface area contributed by atoms with Gasteiger partial charge in [-0.1, -0.05) is 109 Å². The SMILES string of the molecule is Oc1cccc2cc(-c3ccc(CC4CCC(C5=CCC(c6ccccc6)=C5)CC4)cc3)c(-c3ccccc3)cc12. The van der Waals surface area contributed by atoms with Crippen LogP contribution in [0.3, 0.4) is 0 Å². The number of hydrogen-bond donors (Lipinski definition) is 1. The summed E-state index contributed by atoms with van der Waals surface area (Å²) < 4.78 is 0. The third kappa shape index (κ3) is 5.37. The van der Waals surface area contributed by atoms with E-state index in [1.807, 2.05) is 12.1 Å². The Morgan fingerprint density at radius 1 is 0.610 bits per heavy atom. The minimum atomic E-state index is 0.327. The van der Waals surface area contributed by atoms with E-state index in [4.69, 9.17) is 0 Å². The first-order valence-corrected chi connectivity index (χ1v) is 15.1.